The zero-order valence-electron chi connectivity index (χ0n) is 13.2. The van der Waals surface area contributed by atoms with E-state index in [0.717, 1.165) is 11.6 Å². The number of sulfonamides is 1. The second-order valence-electron chi connectivity index (χ2n) is 5.29. The van der Waals surface area contributed by atoms with Gasteiger partial charge in [0.2, 0.25) is 0 Å². The fourth-order valence-corrected chi connectivity index (χ4v) is 3.17. The summed E-state index contributed by atoms with van der Waals surface area (Å²) < 4.78 is 31.8. The molecule has 1 aliphatic rings. The maximum atomic E-state index is 12.3. The maximum Gasteiger partial charge on any atom is 0.263 e. The number of aliphatic imine (C=N–C) groups is 1. The van der Waals surface area contributed by atoms with Crippen LogP contribution in [0.5, 0.6) is 0 Å². The molecule has 0 unspecified atom stereocenters. The predicted octanol–water partition coefficient (Wildman–Crippen LogP) is 3.28. The summed E-state index contributed by atoms with van der Waals surface area (Å²) in [6.45, 7) is 3.60. The minimum atomic E-state index is -3.71. The fraction of sp³-hybridized carbons (Fsp3) is 0.118. The van der Waals surface area contributed by atoms with Gasteiger partial charge in [0.15, 0.2) is 5.82 Å². The molecule has 5 radical (unpaired) electrons. The molecule has 0 aliphatic heterocycles. The van der Waals surface area contributed by atoms with E-state index < -0.39 is 10.0 Å². The van der Waals surface area contributed by atoms with E-state index in [1.807, 2.05) is 32.6 Å². The van der Waals surface area contributed by atoms with Crippen molar-refractivity contribution in [2.45, 2.75) is 18.7 Å². The third-order valence-corrected chi connectivity index (χ3v) is 4.76. The lowest BCUT2D eigenvalue weighted by molar-refractivity contribution is 0.400. The number of aromatic nitrogens is 1. The Hall–Kier alpha value is -2.15. The molecule has 1 aliphatic carbocycles. The van der Waals surface area contributed by atoms with Crippen molar-refractivity contribution in [1.82, 2.24) is 5.16 Å². The molecule has 1 N–H and O–H groups in total. The third-order valence-electron chi connectivity index (χ3n) is 3.39. The first-order valence-corrected chi connectivity index (χ1v) is 8.76. The number of benzene rings is 1. The molecule has 0 spiro atoms. The van der Waals surface area contributed by atoms with Crippen LogP contribution >= 0.6 is 0 Å². The first-order valence-electron chi connectivity index (χ1n) is 7.28. The van der Waals surface area contributed by atoms with Gasteiger partial charge < -0.3 is 4.52 Å². The van der Waals surface area contributed by atoms with E-state index in [0.29, 0.717) is 11.4 Å². The molecule has 0 bridgehead atoms. The van der Waals surface area contributed by atoms with Crippen molar-refractivity contribution in [3.05, 3.63) is 67.7 Å². The van der Waals surface area contributed by atoms with Gasteiger partial charge in [0.05, 0.1) is 10.6 Å². The number of anilines is 1. The zero-order valence-corrected chi connectivity index (χ0v) is 14.0. The monoisotopic (exact) mass is 342 g/mol. The number of hydrogen-bond acceptors (Lipinski definition) is 5. The Kier molecular flexibility index (Phi) is 4.71. The van der Waals surface area contributed by atoms with Crippen LogP contribution < -0.4 is 4.72 Å². The van der Waals surface area contributed by atoms with Gasteiger partial charge in [-0.2, -0.15) is 0 Å². The van der Waals surface area contributed by atoms with E-state index in [9.17, 15) is 8.42 Å². The quantitative estimate of drug-likeness (QED) is 0.845. The van der Waals surface area contributed by atoms with Crippen LogP contribution in [0, 0.1) is 38.5 Å². The Morgan fingerprint density at radius 3 is 2.42 bits per heavy atom. The molecule has 0 saturated heterocycles. The van der Waals surface area contributed by atoms with Crippen LogP contribution in [0.3, 0.4) is 0 Å². The highest BCUT2D eigenvalue weighted by Gasteiger charge is 2.20. The summed E-state index contributed by atoms with van der Waals surface area (Å²) >= 11 is 0. The van der Waals surface area contributed by atoms with Gasteiger partial charge in [-0.1, -0.05) is 5.16 Å². The molecule has 0 amide bonds. The summed E-state index contributed by atoms with van der Waals surface area (Å²) in [6.07, 6.45) is 7.84. The lowest BCUT2D eigenvalue weighted by Crippen LogP contribution is -2.12. The predicted molar refractivity (Wildman–Crippen MR) is 91.7 cm³/mol. The van der Waals surface area contributed by atoms with Crippen LogP contribution in [0.4, 0.5) is 11.5 Å². The van der Waals surface area contributed by atoms with Crippen LogP contribution in [0.1, 0.15) is 12.7 Å². The Labute approximate surface area is 142 Å². The van der Waals surface area contributed by atoms with E-state index in [-0.39, 0.29) is 10.7 Å². The first-order chi connectivity index (χ1) is 11.4. The highest BCUT2D eigenvalue weighted by Crippen LogP contribution is 2.27. The smallest absolute Gasteiger partial charge is 0.263 e. The molecule has 0 atom stereocenters. The Bertz CT molecular complexity index is 832. The van der Waals surface area contributed by atoms with Gasteiger partial charge in [0.25, 0.3) is 10.0 Å². The molecule has 7 heteroatoms. The number of hydrogen-bond donors (Lipinski definition) is 1. The molecular formula is C17H16N3O3S. The Morgan fingerprint density at radius 2 is 1.83 bits per heavy atom. The summed E-state index contributed by atoms with van der Waals surface area (Å²) in [7, 11) is -3.71. The standard InChI is InChI=1S/C17H16N3O3S/c1-12-11-17(19-23-12)20-24(21,22)16-9-7-15(8-10-16)18-13(2)14-5-3-4-6-14/h3-11H,1-2H3,(H,19,20). The topological polar surface area (TPSA) is 84.6 Å². The molecule has 3 rings (SSSR count). The lowest BCUT2D eigenvalue weighted by atomic mass is 10.0. The number of aryl methyl sites for hydroxylation is 1. The number of nitrogens with zero attached hydrogens (tertiary/aromatic N) is 2. The molecule has 123 valence electrons. The summed E-state index contributed by atoms with van der Waals surface area (Å²) in [5, 5.41) is 3.62. The Morgan fingerprint density at radius 1 is 1.17 bits per heavy atom. The van der Waals surface area contributed by atoms with E-state index in [4.69, 9.17) is 4.52 Å². The molecule has 1 fully saturated rings. The molecule has 1 aromatic heterocycles. The van der Waals surface area contributed by atoms with Crippen LogP contribution in [-0.2, 0) is 10.0 Å². The third kappa shape index (κ3) is 3.84. The SMILES string of the molecule is CC(=Nc1ccc(S(=O)(=O)Nc2cc(C)on2)cc1)[C]1[CH][CH][CH][CH]1. The van der Waals surface area contributed by atoms with Crippen molar-refractivity contribution in [2.75, 3.05) is 4.72 Å². The maximum absolute atomic E-state index is 12.3. The van der Waals surface area contributed by atoms with Crippen molar-refractivity contribution in [2.24, 2.45) is 4.99 Å². The van der Waals surface area contributed by atoms with Crippen LogP contribution in [-0.4, -0.2) is 19.3 Å². The van der Waals surface area contributed by atoms with Gasteiger partial charge in [-0.3, -0.25) is 9.71 Å². The molecular weight excluding hydrogens is 326 g/mol. The minimum absolute atomic E-state index is 0.132. The highest BCUT2D eigenvalue weighted by atomic mass is 32.2. The second-order valence-corrected chi connectivity index (χ2v) is 6.98. The molecule has 2 aromatic rings. The van der Waals surface area contributed by atoms with E-state index in [1.54, 1.807) is 19.1 Å². The van der Waals surface area contributed by atoms with Crippen molar-refractivity contribution in [3.8, 4) is 0 Å². The van der Waals surface area contributed by atoms with Crippen LogP contribution in [0.15, 0.2) is 44.7 Å². The van der Waals surface area contributed by atoms with Gasteiger partial charge in [0.1, 0.15) is 5.76 Å². The first kappa shape index (κ1) is 16.7. The van der Waals surface area contributed by atoms with E-state index >= 15 is 0 Å². The van der Waals surface area contributed by atoms with Crippen LogP contribution in [0.25, 0.3) is 0 Å². The van der Waals surface area contributed by atoms with Gasteiger partial charge in [-0.15, -0.1) is 0 Å². The molecule has 24 heavy (non-hydrogen) atoms. The molecule has 1 heterocycles. The van der Waals surface area contributed by atoms with Crippen molar-refractivity contribution < 1.29 is 12.9 Å². The molecule has 6 nitrogen and oxygen atoms in total. The van der Waals surface area contributed by atoms with Gasteiger partial charge in [-0.25, -0.2) is 8.42 Å². The van der Waals surface area contributed by atoms with Gasteiger partial charge in [0, 0.05) is 17.7 Å². The number of nitrogens with one attached hydrogen (secondary N) is 1. The van der Waals surface area contributed by atoms with Crippen molar-refractivity contribution >= 4 is 27.2 Å². The summed E-state index contributed by atoms with van der Waals surface area (Å²) in [4.78, 5) is 4.62. The zero-order chi connectivity index (χ0) is 17.2. The normalized spacial score (nSPS) is 16.5. The van der Waals surface area contributed by atoms with Crippen molar-refractivity contribution in [3.63, 3.8) is 0 Å². The van der Waals surface area contributed by atoms with Crippen molar-refractivity contribution in [1.29, 1.82) is 0 Å². The summed E-state index contributed by atoms with van der Waals surface area (Å²) in [5.74, 6) is 1.72. The van der Waals surface area contributed by atoms with Gasteiger partial charge >= 0.3 is 0 Å². The molecule has 1 saturated carbocycles. The van der Waals surface area contributed by atoms with Crippen LogP contribution in [0.2, 0.25) is 0 Å². The Balaban J connectivity index is 1.74. The highest BCUT2D eigenvalue weighted by molar-refractivity contribution is 7.92. The van der Waals surface area contributed by atoms with E-state index in [2.05, 4.69) is 14.9 Å². The largest absolute Gasteiger partial charge is 0.360 e. The minimum Gasteiger partial charge on any atom is -0.360 e. The molecule has 1 aromatic carbocycles. The second kappa shape index (κ2) is 6.76. The average Bonchev–Trinajstić information content (AvgIpc) is 3.19. The van der Waals surface area contributed by atoms with E-state index in [1.165, 1.54) is 18.2 Å². The fourth-order valence-electron chi connectivity index (χ4n) is 2.18. The average molecular weight is 342 g/mol. The number of rotatable bonds is 5. The summed E-state index contributed by atoms with van der Waals surface area (Å²) in [6, 6.07) is 7.85. The lowest BCUT2D eigenvalue weighted by Gasteiger charge is -2.08. The summed E-state index contributed by atoms with van der Waals surface area (Å²) in [5.41, 5.74) is 1.55. The van der Waals surface area contributed by atoms with Gasteiger partial charge in [-0.05, 0) is 63.8 Å².